The molecule has 1 saturated carbocycles. The van der Waals surface area contributed by atoms with E-state index >= 15 is 0 Å². The van der Waals surface area contributed by atoms with Crippen LogP contribution in [0, 0.1) is 5.82 Å². The quantitative estimate of drug-likeness (QED) is 0.622. The van der Waals surface area contributed by atoms with Gasteiger partial charge in [-0.1, -0.05) is 0 Å². The molecular weight excluding hydrogens is 327 g/mol. The molecule has 4 rings (SSSR count). The number of hydrogen-bond acceptors (Lipinski definition) is 5. The Labute approximate surface area is 146 Å². The minimum absolute atomic E-state index is 0.348. The summed E-state index contributed by atoms with van der Waals surface area (Å²) in [7, 11) is 0. The van der Waals surface area contributed by atoms with Gasteiger partial charge in [0.15, 0.2) is 5.11 Å². The number of hydrazone groups is 1. The normalized spacial score (nSPS) is 22.9. The number of halogens is 1. The third-order valence-corrected chi connectivity index (χ3v) is 5.11. The van der Waals surface area contributed by atoms with Crippen molar-refractivity contribution in [3.63, 3.8) is 0 Å². The summed E-state index contributed by atoms with van der Waals surface area (Å²) in [4.78, 5) is 8.87. The number of nitrogens with zero attached hydrogens (tertiary/aromatic N) is 4. The maximum Gasteiger partial charge on any atom is 0.189 e. The highest BCUT2D eigenvalue weighted by Gasteiger charge is 2.31. The molecule has 0 unspecified atom stereocenters. The Morgan fingerprint density at radius 1 is 1.33 bits per heavy atom. The summed E-state index contributed by atoms with van der Waals surface area (Å²) in [6, 6.07) is 2.26. The maximum atomic E-state index is 13.3. The van der Waals surface area contributed by atoms with Gasteiger partial charge in [0.05, 0.1) is 17.6 Å². The van der Waals surface area contributed by atoms with E-state index in [1.807, 2.05) is 0 Å². The van der Waals surface area contributed by atoms with Crippen LogP contribution in [0.25, 0.3) is 0 Å². The van der Waals surface area contributed by atoms with E-state index in [9.17, 15) is 4.39 Å². The highest BCUT2D eigenvalue weighted by molar-refractivity contribution is 7.80. The van der Waals surface area contributed by atoms with E-state index in [0.29, 0.717) is 23.0 Å². The van der Waals surface area contributed by atoms with Gasteiger partial charge in [0.1, 0.15) is 11.5 Å². The molecule has 6 nitrogen and oxygen atoms in total. The average Bonchev–Trinajstić information content (AvgIpc) is 3.44. The highest BCUT2D eigenvalue weighted by Crippen LogP contribution is 2.27. The molecule has 0 aromatic carbocycles. The predicted octanol–water partition coefficient (Wildman–Crippen LogP) is 1.39. The number of aromatic nitrogens is 1. The Kier molecular flexibility index (Phi) is 4.32. The van der Waals surface area contributed by atoms with Crippen molar-refractivity contribution >= 4 is 28.7 Å². The molecule has 1 aromatic heterocycles. The average molecular weight is 348 g/mol. The zero-order valence-electron chi connectivity index (χ0n) is 13.5. The van der Waals surface area contributed by atoms with Crippen LogP contribution in [-0.2, 0) is 0 Å². The van der Waals surface area contributed by atoms with E-state index in [-0.39, 0.29) is 5.82 Å². The molecule has 1 aromatic rings. The van der Waals surface area contributed by atoms with Crippen LogP contribution in [0.4, 0.5) is 10.1 Å². The molecule has 3 heterocycles. The summed E-state index contributed by atoms with van der Waals surface area (Å²) in [6.45, 7) is 4.72. The van der Waals surface area contributed by atoms with Crippen LogP contribution in [0.2, 0.25) is 0 Å². The molecule has 0 spiro atoms. The molecule has 1 saturated heterocycles. The van der Waals surface area contributed by atoms with Gasteiger partial charge < -0.3 is 10.2 Å². The zero-order chi connectivity index (χ0) is 16.5. The Bertz CT molecular complexity index is 667. The Morgan fingerprint density at radius 3 is 2.88 bits per heavy atom. The molecule has 3 aliphatic rings. The largest absolute Gasteiger partial charge is 0.383 e. The second-order valence-electron chi connectivity index (χ2n) is 6.46. The molecule has 2 aliphatic heterocycles. The fourth-order valence-electron chi connectivity index (χ4n) is 3.26. The fourth-order valence-corrected chi connectivity index (χ4v) is 3.49. The Morgan fingerprint density at radius 2 is 2.12 bits per heavy atom. The maximum absolute atomic E-state index is 13.3. The number of pyridine rings is 1. The molecular formula is C16H21FN6S. The van der Waals surface area contributed by atoms with Crippen LogP contribution in [-0.4, -0.2) is 64.4 Å². The number of anilines is 1. The Hall–Kier alpha value is -1.80. The molecule has 2 fully saturated rings. The van der Waals surface area contributed by atoms with Gasteiger partial charge in [-0.3, -0.25) is 10.3 Å². The lowest BCUT2D eigenvalue weighted by atomic mass is 10.1. The van der Waals surface area contributed by atoms with E-state index in [4.69, 9.17) is 12.2 Å². The van der Waals surface area contributed by atoms with Crippen molar-refractivity contribution in [3.8, 4) is 0 Å². The molecule has 2 N–H and O–H groups in total. The van der Waals surface area contributed by atoms with Crippen molar-refractivity contribution in [1.29, 1.82) is 0 Å². The number of hydrogen-bond donors (Lipinski definition) is 2. The summed E-state index contributed by atoms with van der Waals surface area (Å²) in [5, 5.41) is 8.24. The highest BCUT2D eigenvalue weighted by atomic mass is 32.1. The summed E-state index contributed by atoms with van der Waals surface area (Å²) >= 11 is 5.47. The molecule has 24 heavy (non-hydrogen) atoms. The standard InChI is InChI=1S/C16H21FN6S/c17-11-9-14-15(19-10-11)13(3-4-18-14)20-21-16(24)23-7-5-22(6-8-23)12-1-2-12/h9-10,12,18H,1-8H2,(H,21,24)/b20-13-. The first-order valence-electron chi connectivity index (χ1n) is 8.46. The third-order valence-electron chi connectivity index (χ3n) is 4.76. The van der Waals surface area contributed by atoms with Crippen molar-refractivity contribution in [2.24, 2.45) is 5.10 Å². The van der Waals surface area contributed by atoms with Gasteiger partial charge in [0.25, 0.3) is 0 Å². The molecule has 128 valence electrons. The fraction of sp³-hybridized carbons (Fsp3) is 0.562. The number of fused-ring (bicyclic) bond motifs is 1. The zero-order valence-corrected chi connectivity index (χ0v) is 14.3. The number of thiocarbonyl (C=S) groups is 1. The Balaban J connectivity index is 1.38. The van der Waals surface area contributed by atoms with Gasteiger partial charge in [0.2, 0.25) is 0 Å². The molecule has 1 aliphatic carbocycles. The lowest BCUT2D eigenvalue weighted by Gasteiger charge is -2.35. The van der Waals surface area contributed by atoms with E-state index in [1.54, 1.807) is 0 Å². The molecule has 0 radical (unpaired) electrons. The van der Waals surface area contributed by atoms with Crippen LogP contribution in [0.1, 0.15) is 25.0 Å². The van der Waals surface area contributed by atoms with Crippen molar-refractivity contribution in [1.82, 2.24) is 20.2 Å². The van der Waals surface area contributed by atoms with Crippen molar-refractivity contribution in [2.75, 3.05) is 38.0 Å². The van der Waals surface area contributed by atoms with Gasteiger partial charge in [-0.25, -0.2) is 9.37 Å². The van der Waals surface area contributed by atoms with Gasteiger partial charge in [0, 0.05) is 51.3 Å². The van der Waals surface area contributed by atoms with Crippen LogP contribution in [0.15, 0.2) is 17.4 Å². The van der Waals surface area contributed by atoms with Crippen LogP contribution in [0.3, 0.4) is 0 Å². The van der Waals surface area contributed by atoms with E-state index in [1.165, 1.54) is 25.1 Å². The first-order chi connectivity index (χ1) is 11.7. The van der Waals surface area contributed by atoms with Gasteiger partial charge in [-0.2, -0.15) is 5.10 Å². The van der Waals surface area contributed by atoms with Crippen LogP contribution >= 0.6 is 12.2 Å². The summed E-state index contributed by atoms with van der Waals surface area (Å²) in [6.07, 6.45) is 4.64. The second-order valence-corrected chi connectivity index (χ2v) is 6.84. The summed E-state index contributed by atoms with van der Waals surface area (Å²) in [5.74, 6) is -0.348. The van der Waals surface area contributed by atoms with Gasteiger partial charge >= 0.3 is 0 Å². The van der Waals surface area contributed by atoms with Crippen molar-refractivity contribution in [3.05, 3.63) is 23.8 Å². The topological polar surface area (TPSA) is 55.8 Å². The number of piperazine rings is 1. The predicted molar refractivity (Wildman–Crippen MR) is 95.7 cm³/mol. The third kappa shape index (κ3) is 3.34. The summed E-state index contributed by atoms with van der Waals surface area (Å²) < 4.78 is 13.3. The van der Waals surface area contributed by atoms with Crippen LogP contribution < -0.4 is 10.7 Å². The van der Waals surface area contributed by atoms with Crippen molar-refractivity contribution in [2.45, 2.75) is 25.3 Å². The molecule has 8 heteroatoms. The van der Waals surface area contributed by atoms with E-state index < -0.39 is 0 Å². The molecule has 0 atom stereocenters. The van der Waals surface area contributed by atoms with E-state index in [0.717, 1.165) is 44.4 Å². The van der Waals surface area contributed by atoms with Crippen molar-refractivity contribution < 1.29 is 4.39 Å². The number of nitrogens with one attached hydrogen (secondary N) is 2. The van der Waals surface area contributed by atoms with Crippen LogP contribution in [0.5, 0.6) is 0 Å². The first kappa shape index (κ1) is 15.7. The van der Waals surface area contributed by atoms with Gasteiger partial charge in [-0.05, 0) is 25.1 Å². The molecule has 0 bridgehead atoms. The van der Waals surface area contributed by atoms with E-state index in [2.05, 4.69) is 30.6 Å². The SMILES string of the molecule is Fc1cnc2c(c1)NCC/C2=N/NC(=S)N1CCN(C2CC2)CC1. The molecule has 0 amide bonds. The number of rotatable bonds is 2. The second kappa shape index (κ2) is 6.60. The summed E-state index contributed by atoms with van der Waals surface area (Å²) in [5.41, 5.74) is 5.19. The lowest BCUT2D eigenvalue weighted by molar-refractivity contribution is 0.173. The monoisotopic (exact) mass is 348 g/mol. The minimum Gasteiger partial charge on any atom is -0.383 e. The first-order valence-corrected chi connectivity index (χ1v) is 8.87. The lowest BCUT2D eigenvalue weighted by Crippen LogP contribution is -2.51. The smallest absolute Gasteiger partial charge is 0.189 e. The van der Waals surface area contributed by atoms with Gasteiger partial charge in [-0.15, -0.1) is 0 Å². The minimum atomic E-state index is -0.348.